The lowest BCUT2D eigenvalue weighted by Crippen LogP contribution is -2.28. The van der Waals surface area contributed by atoms with Gasteiger partial charge in [0.2, 0.25) is 0 Å². The fourth-order valence-corrected chi connectivity index (χ4v) is 3.83. The second kappa shape index (κ2) is 6.62. The molecule has 0 bridgehead atoms. The molecule has 2 aromatic carbocycles. The molecular weight excluding hydrogens is 254 g/mol. The average Bonchev–Trinajstić information content (AvgIpc) is 2.52. The zero-order valence-electron chi connectivity index (χ0n) is 13.3. The predicted molar refractivity (Wildman–Crippen MR) is 91.5 cm³/mol. The molecule has 0 spiro atoms. The van der Waals surface area contributed by atoms with Gasteiger partial charge in [-0.15, -0.1) is 0 Å². The van der Waals surface area contributed by atoms with E-state index in [2.05, 4.69) is 61.6 Å². The van der Waals surface area contributed by atoms with Gasteiger partial charge in [0, 0.05) is 6.04 Å². The van der Waals surface area contributed by atoms with Crippen molar-refractivity contribution in [2.24, 2.45) is 11.8 Å². The molecule has 3 rings (SSSR count). The summed E-state index contributed by atoms with van der Waals surface area (Å²) in [5.74, 6) is 1.78. The van der Waals surface area contributed by atoms with E-state index in [0.29, 0.717) is 6.04 Å². The first-order valence-electron chi connectivity index (χ1n) is 8.45. The van der Waals surface area contributed by atoms with E-state index in [0.717, 1.165) is 18.4 Å². The van der Waals surface area contributed by atoms with Crippen molar-refractivity contribution in [1.82, 2.24) is 5.32 Å². The van der Waals surface area contributed by atoms with E-state index < -0.39 is 0 Å². The summed E-state index contributed by atoms with van der Waals surface area (Å²) in [7, 11) is 0. The summed E-state index contributed by atoms with van der Waals surface area (Å²) >= 11 is 0. The molecule has 0 aromatic heterocycles. The van der Waals surface area contributed by atoms with Crippen molar-refractivity contribution in [3.63, 3.8) is 0 Å². The Morgan fingerprint density at radius 3 is 2.76 bits per heavy atom. The van der Waals surface area contributed by atoms with Crippen LogP contribution in [-0.2, 0) is 0 Å². The molecule has 1 heteroatoms. The second-order valence-electron chi connectivity index (χ2n) is 6.84. The summed E-state index contributed by atoms with van der Waals surface area (Å²) in [4.78, 5) is 0. The first-order valence-corrected chi connectivity index (χ1v) is 8.45. The van der Waals surface area contributed by atoms with Gasteiger partial charge in [-0.3, -0.25) is 0 Å². The molecule has 0 radical (unpaired) electrons. The van der Waals surface area contributed by atoms with Crippen molar-refractivity contribution < 1.29 is 0 Å². The molecule has 0 aliphatic heterocycles. The molecule has 0 saturated heterocycles. The fourth-order valence-electron chi connectivity index (χ4n) is 3.83. The highest BCUT2D eigenvalue weighted by Crippen LogP contribution is 2.29. The molecule has 1 aliphatic carbocycles. The van der Waals surface area contributed by atoms with Crippen molar-refractivity contribution in [3.8, 4) is 0 Å². The molecule has 1 nitrogen and oxygen atoms in total. The second-order valence-corrected chi connectivity index (χ2v) is 6.84. The maximum Gasteiger partial charge on any atom is 0.0298 e. The quantitative estimate of drug-likeness (QED) is 0.800. The number of fused-ring (bicyclic) bond motifs is 1. The Bertz CT molecular complexity index is 584. The number of hydrogen-bond donors (Lipinski definition) is 1. The zero-order chi connectivity index (χ0) is 14.7. The minimum atomic E-state index is 0.424. The van der Waals surface area contributed by atoms with E-state index in [1.165, 1.54) is 42.0 Å². The predicted octanol–water partition coefficient (Wildman–Crippen LogP) is 5.32. The zero-order valence-corrected chi connectivity index (χ0v) is 13.3. The first-order chi connectivity index (χ1) is 10.2. The Morgan fingerprint density at radius 1 is 1.10 bits per heavy atom. The minimum absolute atomic E-state index is 0.424. The van der Waals surface area contributed by atoms with E-state index >= 15 is 0 Å². The van der Waals surface area contributed by atoms with Crippen LogP contribution in [0.25, 0.3) is 10.8 Å². The standard InChI is InChI=1S/C20H27N/c1-15-7-5-8-17(13-15)14-21-16(2)19-12-6-10-18-9-3-4-11-20(18)19/h3-4,6,9-12,15-17,21H,5,7-8,13-14H2,1-2H3. The average molecular weight is 281 g/mol. The third kappa shape index (κ3) is 3.47. The fraction of sp³-hybridized carbons (Fsp3) is 0.500. The molecule has 1 fully saturated rings. The van der Waals surface area contributed by atoms with Gasteiger partial charge < -0.3 is 5.32 Å². The highest BCUT2D eigenvalue weighted by atomic mass is 14.9. The van der Waals surface area contributed by atoms with E-state index in [4.69, 9.17) is 0 Å². The van der Waals surface area contributed by atoms with Crippen LogP contribution < -0.4 is 5.32 Å². The van der Waals surface area contributed by atoms with Crippen LogP contribution in [-0.4, -0.2) is 6.54 Å². The number of rotatable bonds is 4. The van der Waals surface area contributed by atoms with Crippen LogP contribution in [0.3, 0.4) is 0 Å². The monoisotopic (exact) mass is 281 g/mol. The van der Waals surface area contributed by atoms with Crippen LogP contribution in [0.15, 0.2) is 42.5 Å². The SMILES string of the molecule is CC1CCCC(CNC(C)c2cccc3ccccc23)C1. The number of nitrogens with one attached hydrogen (secondary N) is 1. The van der Waals surface area contributed by atoms with Gasteiger partial charge in [-0.25, -0.2) is 0 Å². The molecule has 1 N–H and O–H groups in total. The first kappa shape index (κ1) is 14.6. The molecule has 1 aliphatic rings. The third-order valence-corrected chi connectivity index (χ3v) is 5.05. The smallest absolute Gasteiger partial charge is 0.0298 e. The lowest BCUT2D eigenvalue weighted by molar-refractivity contribution is 0.269. The summed E-state index contributed by atoms with van der Waals surface area (Å²) in [6, 6.07) is 15.8. The topological polar surface area (TPSA) is 12.0 Å². The lowest BCUT2D eigenvalue weighted by Gasteiger charge is -2.28. The summed E-state index contributed by atoms with van der Waals surface area (Å²) in [6.07, 6.45) is 5.64. The van der Waals surface area contributed by atoms with Gasteiger partial charge in [-0.2, -0.15) is 0 Å². The Kier molecular flexibility index (Phi) is 4.60. The summed E-state index contributed by atoms with van der Waals surface area (Å²) < 4.78 is 0. The van der Waals surface area contributed by atoms with Gasteiger partial charge in [0.25, 0.3) is 0 Å². The summed E-state index contributed by atoms with van der Waals surface area (Å²) in [6.45, 7) is 5.86. The van der Waals surface area contributed by atoms with Crippen molar-refractivity contribution in [1.29, 1.82) is 0 Å². The molecule has 0 heterocycles. The van der Waals surface area contributed by atoms with Crippen LogP contribution in [0.2, 0.25) is 0 Å². The van der Waals surface area contributed by atoms with E-state index in [1.54, 1.807) is 0 Å². The maximum atomic E-state index is 3.78. The van der Waals surface area contributed by atoms with Crippen LogP contribution in [0.4, 0.5) is 0 Å². The highest BCUT2D eigenvalue weighted by molar-refractivity contribution is 5.86. The molecule has 112 valence electrons. The number of hydrogen-bond acceptors (Lipinski definition) is 1. The normalized spacial score (nSPS) is 24.1. The molecule has 21 heavy (non-hydrogen) atoms. The molecule has 3 unspecified atom stereocenters. The Labute approximate surface area is 128 Å². The van der Waals surface area contributed by atoms with Gasteiger partial charge in [-0.1, -0.05) is 62.2 Å². The third-order valence-electron chi connectivity index (χ3n) is 5.05. The molecular formula is C20H27N. The molecule has 3 atom stereocenters. The van der Waals surface area contributed by atoms with Gasteiger partial charge in [0.15, 0.2) is 0 Å². The summed E-state index contributed by atoms with van der Waals surface area (Å²) in [5.41, 5.74) is 1.43. The summed E-state index contributed by atoms with van der Waals surface area (Å²) in [5, 5.41) is 6.51. The highest BCUT2D eigenvalue weighted by Gasteiger charge is 2.19. The van der Waals surface area contributed by atoms with Crippen molar-refractivity contribution in [3.05, 3.63) is 48.0 Å². The van der Waals surface area contributed by atoms with Gasteiger partial charge >= 0.3 is 0 Å². The molecule has 2 aromatic rings. The van der Waals surface area contributed by atoms with Crippen molar-refractivity contribution >= 4 is 10.8 Å². The largest absolute Gasteiger partial charge is 0.310 e. The Morgan fingerprint density at radius 2 is 1.90 bits per heavy atom. The lowest BCUT2D eigenvalue weighted by atomic mass is 9.82. The van der Waals surface area contributed by atoms with Crippen molar-refractivity contribution in [2.75, 3.05) is 6.54 Å². The van der Waals surface area contributed by atoms with Crippen LogP contribution >= 0.6 is 0 Å². The van der Waals surface area contributed by atoms with Gasteiger partial charge in [0.1, 0.15) is 0 Å². The number of benzene rings is 2. The Hall–Kier alpha value is -1.34. The van der Waals surface area contributed by atoms with Gasteiger partial charge in [0.05, 0.1) is 0 Å². The maximum absolute atomic E-state index is 3.78. The minimum Gasteiger partial charge on any atom is -0.310 e. The van der Waals surface area contributed by atoms with Crippen molar-refractivity contribution in [2.45, 2.75) is 45.6 Å². The van der Waals surface area contributed by atoms with Crippen LogP contribution in [0.1, 0.15) is 51.1 Å². The van der Waals surface area contributed by atoms with E-state index in [9.17, 15) is 0 Å². The molecule has 1 saturated carbocycles. The van der Waals surface area contributed by atoms with Crippen LogP contribution in [0.5, 0.6) is 0 Å². The van der Waals surface area contributed by atoms with Crippen LogP contribution in [0, 0.1) is 11.8 Å². The van der Waals surface area contributed by atoms with E-state index in [-0.39, 0.29) is 0 Å². The van der Waals surface area contributed by atoms with E-state index in [1.807, 2.05) is 0 Å². The molecule has 0 amide bonds. The Balaban J connectivity index is 1.68. The van der Waals surface area contributed by atoms with Gasteiger partial charge in [-0.05, 0) is 54.5 Å².